The fourth-order valence-electron chi connectivity index (χ4n) is 1.22. The topological polar surface area (TPSA) is 46.2 Å². The molecule has 0 aliphatic heterocycles. The summed E-state index contributed by atoms with van der Waals surface area (Å²) in [6, 6.07) is 5.28. The molecular weight excluding hydrogens is 210 g/mol. The van der Waals surface area contributed by atoms with Gasteiger partial charge in [0.05, 0.1) is 0 Å². The molecule has 3 N–H and O–H groups in total. The standard InChI is InChI=1S/C11H12O.C2H3N.C2H6/c1-4-9-8(3)6-7-11(12)10(9)5-2;1-2-3;1-2/h4-7,12H,1-2H2,3H3;1H,3H2;1-2H3. The van der Waals surface area contributed by atoms with E-state index in [0.29, 0.717) is 0 Å². The maximum absolute atomic E-state index is 9.43. The molecule has 0 heterocycles. The smallest absolute Gasteiger partial charge is 0.123 e. The van der Waals surface area contributed by atoms with Gasteiger partial charge in [-0.3, -0.25) is 0 Å². The maximum Gasteiger partial charge on any atom is 0.123 e. The average Bonchev–Trinajstić information content (AvgIpc) is 2.35. The summed E-state index contributed by atoms with van der Waals surface area (Å²) in [7, 11) is 0. The minimum Gasteiger partial charge on any atom is -0.507 e. The van der Waals surface area contributed by atoms with Crippen molar-refractivity contribution in [3.8, 4) is 18.2 Å². The zero-order chi connectivity index (χ0) is 13.8. The van der Waals surface area contributed by atoms with Crippen LogP contribution >= 0.6 is 0 Å². The van der Waals surface area contributed by atoms with Crippen LogP contribution in [-0.4, -0.2) is 5.11 Å². The third kappa shape index (κ3) is 5.48. The van der Waals surface area contributed by atoms with Crippen LogP contribution in [0.2, 0.25) is 0 Å². The van der Waals surface area contributed by atoms with E-state index >= 15 is 0 Å². The van der Waals surface area contributed by atoms with E-state index in [-0.39, 0.29) is 5.75 Å². The zero-order valence-electron chi connectivity index (χ0n) is 10.8. The number of benzene rings is 1. The van der Waals surface area contributed by atoms with E-state index < -0.39 is 0 Å². The molecule has 0 fully saturated rings. The van der Waals surface area contributed by atoms with Gasteiger partial charge in [0.25, 0.3) is 0 Å². The van der Waals surface area contributed by atoms with Gasteiger partial charge in [0.2, 0.25) is 0 Å². The first kappa shape index (κ1) is 17.3. The Labute approximate surface area is 104 Å². The average molecular weight is 231 g/mol. The van der Waals surface area contributed by atoms with E-state index in [0.717, 1.165) is 16.7 Å². The number of aryl methyl sites for hydroxylation is 1. The molecule has 0 saturated carbocycles. The lowest BCUT2D eigenvalue weighted by molar-refractivity contribution is 0.474. The van der Waals surface area contributed by atoms with Crippen LogP contribution in [0.1, 0.15) is 30.5 Å². The van der Waals surface area contributed by atoms with Gasteiger partial charge in [-0.25, -0.2) is 0 Å². The molecule has 0 atom stereocenters. The van der Waals surface area contributed by atoms with Crippen LogP contribution < -0.4 is 5.73 Å². The predicted octanol–water partition coefficient (Wildman–Crippen LogP) is 3.55. The molecule has 1 aromatic rings. The highest BCUT2D eigenvalue weighted by atomic mass is 16.3. The number of phenols is 1. The number of terminal acetylenes is 1. The van der Waals surface area contributed by atoms with Gasteiger partial charge in [0, 0.05) is 5.56 Å². The largest absolute Gasteiger partial charge is 0.507 e. The zero-order valence-corrected chi connectivity index (χ0v) is 10.8. The van der Waals surface area contributed by atoms with Crippen molar-refractivity contribution in [3.63, 3.8) is 0 Å². The summed E-state index contributed by atoms with van der Waals surface area (Å²) in [5.41, 5.74) is 7.17. The van der Waals surface area contributed by atoms with Crippen LogP contribution in [-0.2, 0) is 0 Å². The summed E-state index contributed by atoms with van der Waals surface area (Å²) in [5, 5.41) is 9.43. The van der Waals surface area contributed by atoms with Crippen LogP contribution in [0.3, 0.4) is 0 Å². The van der Waals surface area contributed by atoms with Crippen molar-refractivity contribution in [2.24, 2.45) is 5.73 Å². The highest BCUT2D eigenvalue weighted by Gasteiger charge is 2.03. The number of hydrogen-bond donors (Lipinski definition) is 2. The quantitative estimate of drug-likeness (QED) is 0.604. The first-order chi connectivity index (χ1) is 8.12. The summed E-state index contributed by atoms with van der Waals surface area (Å²) >= 11 is 0. The lowest BCUT2D eigenvalue weighted by atomic mass is 10.0. The molecule has 0 unspecified atom stereocenters. The third-order valence-electron chi connectivity index (χ3n) is 1.89. The minimum absolute atomic E-state index is 0.255. The molecular formula is C15H21NO. The highest BCUT2D eigenvalue weighted by Crippen LogP contribution is 2.25. The predicted molar refractivity (Wildman–Crippen MR) is 77.4 cm³/mol. The molecule has 0 amide bonds. The van der Waals surface area contributed by atoms with Crippen molar-refractivity contribution in [2.45, 2.75) is 20.8 Å². The molecule has 1 rings (SSSR count). The number of nitrogens with two attached hydrogens (primary N) is 1. The van der Waals surface area contributed by atoms with Gasteiger partial charge >= 0.3 is 0 Å². The Morgan fingerprint density at radius 1 is 1.24 bits per heavy atom. The van der Waals surface area contributed by atoms with Gasteiger partial charge in [-0.1, -0.05) is 51.6 Å². The SMILES string of the molecule is C#CN.C=Cc1c(C)ccc(O)c1C=C.CC. The summed E-state index contributed by atoms with van der Waals surface area (Å²) in [5.74, 6) is 0.255. The van der Waals surface area contributed by atoms with E-state index in [1.165, 1.54) is 0 Å². The molecule has 2 heteroatoms. The van der Waals surface area contributed by atoms with Gasteiger partial charge in [0.15, 0.2) is 0 Å². The van der Waals surface area contributed by atoms with Crippen LogP contribution in [0.25, 0.3) is 12.2 Å². The first-order valence-corrected chi connectivity index (χ1v) is 5.36. The first-order valence-electron chi connectivity index (χ1n) is 5.36. The van der Waals surface area contributed by atoms with E-state index in [9.17, 15) is 5.11 Å². The van der Waals surface area contributed by atoms with E-state index in [4.69, 9.17) is 0 Å². The minimum atomic E-state index is 0.255. The van der Waals surface area contributed by atoms with Crippen molar-refractivity contribution in [1.29, 1.82) is 0 Å². The van der Waals surface area contributed by atoms with Crippen molar-refractivity contribution in [2.75, 3.05) is 0 Å². The van der Waals surface area contributed by atoms with Crippen molar-refractivity contribution < 1.29 is 5.11 Å². The number of phenolic OH excluding ortho intramolecular Hbond substituents is 1. The van der Waals surface area contributed by atoms with Crippen LogP contribution in [0.4, 0.5) is 0 Å². The van der Waals surface area contributed by atoms with Gasteiger partial charge in [-0.05, 0) is 30.2 Å². The third-order valence-corrected chi connectivity index (χ3v) is 1.89. The Morgan fingerprint density at radius 2 is 1.65 bits per heavy atom. The van der Waals surface area contributed by atoms with Crippen LogP contribution in [0.5, 0.6) is 5.75 Å². The molecule has 0 radical (unpaired) electrons. The Hall–Kier alpha value is -2.14. The number of hydrogen-bond acceptors (Lipinski definition) is 2. The van der Waals surface area contributed by atoms with E-state index in [1.54, 1.807) is 24.3 Å². The van der Waals surface area contributed by atoms with Crippen molar-refractivity contribution in [1.82, 2.24) is 0 Å². The molecule has 17 heavy (non-hydrogen) atoms. The Bertz CT molecular complexity index is 367. The van der Waals surface area contributed by atoms with E-state index in [2.05, 4.69) is 25.3 Å². The molecule has 0 saturated heterocycles. The number of aromatic hydroxyl groups is 1. The lowest BCUT2D eigenvalue weighted by Crippen LogP contribution is -1.85. The number of rotatable bonds is 2. The second-order valence-corrected chi connectivity index (χ2v) is 2.80. The van der Waals surface area contributed by atoms with E-state index in [1.807, 2.05) is 26.8 Å². The van der Waals surface area contributed by atoms with Gasteiger partial charge in [-0.15, -0.1) is 0 Å². The maximum atomic E-state index is 9.43. The van der Waals surface area contributed by atoms with Gasteiger partial charge < -0.3 is 10.8 Å². The molecule has 0 aliphatic rings. The van der Waals surface area contributed by atoms with Crippen LogP contribution in [0.15, 0.2) is 25.3 Å². The Kier molecular flexibility index (Phi) is 10.5. The summed E-state index contributed by atoms with van der Waals surface area (Å²) in [6.45, 7) is 13.3. The molecule has 0 spiro atoms. The normalized spacial score (nSPS) is 7.41. The molecule has 1 aromatic carbocycles. The molecule has 2 nitrogen and oxygen atoms in total. The van der Waals surface area contributed by atoms with Gasteiger partial charge in [-0.2, -0.15) is 0 Å². The van der Waals surface area contributed by atoms with Crippen LogP contribution in [0, 0.1) is 19.4 Å². The molecule has 0 aliphatic carbocycles. The van der Waals surface area contributed by atoms with Crippen molar-refractivity contribution in [3.05, 3.63) is 42.0 Å². The monoisotopic (exact) mass is 231 g/mol. The molecule has 0 bridgehead atoms. The second kappa shape index (κ2) is 10.4. The summed E-state index contributed by atoms with van der Waals surface area (Å²) < 4.78 is 0. The Morgan fingerprint density at radius 3 is 1.94 bits per heavy atom. The lowest BCUT2D eigenvalue weighted by Gasteiger charge is -2.06. The molecule has 0 aromatic heterocycles. The fraction of sp³-hybridized carbons (Fsp3) is 0.200. The fourth-order valence-corrected chi connectivity index (χ4v) is 1.22. The summed E-state index contributed by atoms with van der Waals surface area (Å²) in [4.78, 5) is 0. The van der Waals surface area contributed by atoms with Gasteiger partial charge in [0.1, 0.15) is 5.75 Å². The van der Waals surface area contributed by atoms with Crippen molar-refractivity contribution >= 4 is 12.2 Å². The Balaban J connectivity index is 0. The molecule has 92 valence electrons. The summed E-state index contributed by atoms with van der Waals surface area (Å²) in [6.07, 6.45) is 7.74. The highest BCUT2D eigenvalue weighted by molar-refractivity contribution is 5.70. The second-order valence-electron chi connectivity index (χ2n) is 2.80.